The third-order valence-corrected chi connectivity index (χ3v) is 10.3. The van der Waals surface area contributed by atoms with E-state index in [2.05, 4.69) is 25.3 Å². The largest absolute Gasteiger partial charge is 0.467 e. The first-order valence-electron chi connectivity index (χ1n) is 17.7. The topological polar surface area (TPSA) is 134 Å². The molecule has 0 spiro atoms. The quantitative estimate of drug-likeness (QED) is 0.209. The second-order valence-corrected chi connectivity index (χ2v) is 14.1. The van der Waals surface area contributed by atoms with Crippen molar-refractivity contribution in [2.45, 2.75) is 78.2 Å². The Bertz CT molecular complexity index is 2260. The zero-order valence-corrected chi connectivity index (χ0v) is 30.7. The van der Waals surface area contributed by atoms with Crippen LogP contribution in [0.1, 0.15) is 83.8 Å². The summed E-state index contributed by atoms with van der Waals surface area (Å²) < 4.78 is 82.7. The summed E-state index contributed by atoms with van der Waals surface area (Å²) in [5, 5.41) is 2.73. The number of alkyl halides is 6. The van der Waals surface area contributed by atoms with Crippen LogP contribution in [0.25, 0.3) is 0 Å². The highest BCUT2D eigenvalue weighted by Crippen LogP contribution is 2.35. The van der Waals surface area contributed by atoms with Crippen LogP contribution in [0.4, 0.5) is 38.0 Å². The summed E-state index contributed by atoms with van der Waals surface area (Å²) >= 11 is 0. The molecule has 0 aromatic carbocycles. The molecule has 0 saturated carbocycles. The minimum absolute atomic E-state index is 0.139. The fourth-order valence-electron chi connectivity index (χ4n) is 7.34. The molecule has 0 fully saturated rings. The summed E-state index contributed by atoms with van der Waals surface area (Å²) in [5.74, 6) is 0.373. The molecule has 4 aliphatic heterocycles. The molecular formula is C38H36F6N8O4. The number of hydrogen-bond acceptors (Lipinski definition) is 10. The van der Waals surface area contributed by atoms with Gasteiger partial charge in [0.1, 0.15) is 17.7 Å². The number of fused-ring (bicyclic) bond motifs is 4. The minimum atomic E-state index is -4.45. The van der Waals surface area contributed by atoms with E-state index in [0.717, 1.165) is 29.6 Å². The van der Waals surface area contributed by atoms with Gasteiger partial charge in [0.15, 0.2) is 0 Å². The Hall–Kier alpha value is -5.81. The molecule has 0 aliphatic carbocycles. The number of halogens is 6. The molecule has 1 N–H and O–H groups in total. The normalized spacial score (nSPS) is 16.6. The zero-order valence-electron chi connectivity index (χ0n) is 30.7. The number of nitrogens with zero attached hydrogens (tertiary/aromatic N) is 7. The van der Waals surface area contributed by atoms with Crippen LogP contribution in [-0.2, 0) is 60.9 Å². The lowest BCUT2D eigenvalue weighted by Crippen LogP contribution is -2.39. The van der Waals surface area contributed by atoms with Gasteiger partial charge in [-0.3, -0.25) is 19.6 Å². The summed E-state index contributed by atoms with van der Waals surface area (Å²) in [6.07, 6.45) is -6.04. The van der Waals surface area contributed by atoms with Crippen molar-refractivity contribution in [2.24, 2.45) is 0 Å². The molecule has 18 heteroatoms. The smallest absolute Gasteiger partial charge is 0.417 e. The number of carbonyl (C=O) groups excluding carboxylic acids is 3. The van der Waals surface area contributed by atoms with Gasteiger partial charge in [-0.15, -0.1) is 0 Å². The third-order valence-electron chi connectivity index (χ3n) is 10.3. The molecule has 294 valence electrons. The predicted molar refractivity (Wildman–Crippen MR) is 188 cm³/mol. The van der Waals surface area contributed by atoms with Gasteiger partial charge < -0.3 is 24.8 Å². The highest BCUT2D eigenvalue weighted by molar-refractivity contribution is 6.00. The van der Waals surface area contributed by atoms with Gasteiger partial charge in [-0.05, 0) is 67.3 Å². The van der Waals surface area contributed by atoms with E-state index in [4.69, 9.17) is 4.74 Å². The van der Waals surface area contributed by atoms with Crippen LogP contribution >= 0.6 is 0 Å². The number of amides is 2. The number of carbonyl (C=O) groups is 3. The number of methoxy groups -OCH3 is 1. The molecule has 8 rings (SSSR count). The van der Waals surface area contributed by atoms with Crippen molar-refractivity contribution in [3.05, 3.63) is 104 Å². The van der Waals surface area contributed by atoms with Crippen LogP contribution in [0.2, 0.25) is 0 Å². The van der Waals surface area contributed by atoms with Gasteiger partial charge in [0.2, 0.25) is 0 Å². The van der Waals surface area contributed by atoms with Gasteiger partial charge in [0.05, 0.1) is 53.8 Å². The molecule has 0 bridgehead atoms. The average molecular weight is 783 g/mol. The molecular weight excluding hydrogens is 746 g/mol. The number of hydrogen-bond donors (Lipinski definition) is 1. The van der Waals surface area contributed by atoms with E-state index in [-0.39, 0.29) is 24.9 Å². The van der Waals surface area contributed by atoms with Crippen LogP contribution < -0.4 is 15.1 Å². The molecule has 2 amide bonds. The lowest BCUT2D eigenvalue weighted by molar-refractivity contribution is -0.145. The van der Waals surface area contributed by atoms with Gasteiger partial charge in [-0.2, -0.15) is 26.3 Å². The highest BCUT2D eigenvalue weighted by Gasteiger charge is 2.38. The summed E-state index contributed by atoms with van der Waals surface area (Å²) in [4.78, 5) is 58.8. The monoisotopic (exact) mass is 782 g/mol. The van der Waals surface area contributed by atoms with E-state index in [1.165, 1.54) is 18.1 Å². The Kier molecular flexibility index (Phi) is 9.86. The number of aromatic nitrogens is 4. The maximum Gasteiger partial charge on any atom is 0.417 e. The highest BCUT2D eigenvalue weighted by atomic mass is 19.4. The molecule has 0 saturated heterocycles. The Balaban J connectivity index is 0.000000175. The molecule has 8 heterocycles. The summed E-state index contributed by atoms with van der Waals surface area (Å²) in [6.45, 7) is 7.54. The van der Waals surface area contributed by atoms with Crippen LogP contribution in [0.5, 0.6) is 0 Å². The Morgan fingerprint density at radius 3 is 1.75 bits per heavy atom. The number of aryl methyl sites for hydroxylation is 2. The maximum atomic E-state index is 13.1. The van der Waals surface area contributed by atoms with Crippen molar-refractivity contribution in [3.63, 3.8) is 0 Å². The first-order valence-corrected chi connectivity index (χ1v) is 17.7. The second kappa shape index (κ2) is 14.4. The molecule has 4 aliphatic rings. The molecule has 1 atom stereocenters. The fourth-order valence-corrected chi connectivity index (χ4v) is 7.34. The first kappa shape index (κ1) is 38.5. The fraction of sp³-hybridized carbons (Fsp3) is 0.395. The van der Waals surface area contributed by atoms with Crippen molar-refractivity contribution in [1.29, 1.82) is 0 Å². The molecule has 4 aromatic rings. The number of anilines is 2. The summed E-state index contributed by atoms with van der Waals surface area (Å²) in [5.41, 5.74) is 4.70. The molecule has 1 unspecified atom stereocenters. The number of nitrogens with one attached hydrogen (secondary N) is 1. The van der Waals surface area contributed by atoms with E-state index < -0.39 is 35.5 Å². The van der Waals surface area contributed by atoms with Gasteiger partial charge in [0.25, 0.3) is 11.8 Å². The van der Waals surface area contributed by atoms with Crippen LogP contribution in [-0.4, -0.2) is 68.9 Å². The van der Waals surface area contributed by atoms with E-state index in [9.17, 15) is 40.7 Å². The molecule has 0 radical (unpaired) electrons. The maximum absolute atomic E-state index is 13.1. The number of pyridine rings is 4. The first-order chi connectivity index (χ1) is 26.4. The predicted octanol–water partition coefficient (Wildman–Crippen LogP) is 5.49. The van der Waals surface area contributed by atoms with Crippen LogP contribution in [0.15, 0.2) is 36.7 Å². The van der Waals surface area contributed by atoms with Crippen molar-refractivity contribution >= 4 is 29.4 Å². The number of rotatable bonds is 4. The van der Waals surface area contributed by atoms with Gasteiger partial charge >= 0.3 is 18.3 Å². The van der Waals surface area contributed by atoms with E-state index >= 15 is 0 Å². The SMILES string of the molecule is COC(=O)C(C)N1Cc2nc(N3CCc4ncc(C(F)(F)F)cc4C3)c(C)cc2C1=O.Cc1cc2c(nc1N1CCc3ncc(C(F)(F)F)cc3C1)CNC2=O. The van der Waals surface area contributed by atoms with Gasteiger partial charge in [0, 0.05) is 62.8 Å². The van der Waals surface area contributed by atoms with Gasteiger partial charge in [-0.1, -0.05) is 0 Å². The Labute approximate surface area is 316 Å². The summed E-state index contributed by atoms with van der Waals surface area (Å²) in [6, 6.07) is 5.08. The minimum Gasteiger partial charge on any atom is -0.467 e. The van der Waals surface area contributed by atoms with Gasteiger partial charge in [-0.25, -0.2) is 14.8 Å². The molecule has 4 aromatic heterocycles. The zero-order chi connectivity index (χ0) is 40.3. The number of ether oxygens (including phenoxy) is 1. The summed E-state index contributed by atoms with van der Waals surface area (Å²) in [7, 11) is 1.26. The molecule has 12 nitrogen and oxygen atoms in total. The van der Waals surface area contributed by atoms with Crippen molar-refractivity contribution in [1.82, 2.24) is 30.2 Å². The lowest BCUT2D eigenvalue weighted by atomic mass is 10.0. The Morgan fingerprint density at radius 1 is 0.750 bits per heavy atom. The standard InChI is InChI=1S/C21H21F3N4O3.C17H15F3N4O/c1-11-6-15-17(10-28(19(15)29)12(2)20(30)31-3)26-18(11)27-5-4-16-13(9-27)7-14(8-25-16)21(22,23)24;1-9-4-12-14(7-22-16(12)25)23-15(9)24-3-2-13-10(8-24)5-11(6-21-13)17(18,19)20/h6-8,12H,4-5,9-10H2,1-3H3;4-6H,2-3,7-8H2,1H3,(H,22,25). The molecule has 56 heavy (non-hydrogen) atoms. The average Bonchev–Trinajstić information content (AvgIpc) is 3.69. The van der Waals surface area contributed by atoms with Crippen LogP contribution in [0, 0.1) is 13.8 Å². The lowest BCUT2D eigenvalue weighted by Gasteiger charge is -2.31. The van der Waals surface area contributed by atoms with Crippen LogP contribution in [0.3, 0.4) is 0 Å². The number of esters is 1. The van der Waals surface area contributed by atoms with Crippen molar-refractivity contribution < 1.29 is 45.5 Å². The Morgan fingerprint density at radius 2 is 1.25 bits per heavy atom. The van der Waals surface area contributed by atoms with Crippen molar-refractivity contribution in [3.8, 4) is 0 Å². The van der Waals surface area contributed by atoms with E-state index in [1.54, 1.807) is 19.1 Å². The second-order valence-electron chi connectivity index (χ2n) is 14.1. The van der Waals surface area contributed by atoms with E-state index in [0.29, 0.717) is 95.7 Å². The third kappa shape index (κ3) is 7.31. The van der Waals surface area contributed by atoms with Crippen molar-refractivity contribution in [2.75, 3.05) is 30.0 Å². The van der Waals surface area contributed by atoms with E-state index in [1.807, 2.05) is 23.6 Å².